The lowest BCUT2D eigenvalue weighted by atomic mass is 9.64. The lowest BCUT2D eigenvalue weighted by molar-refractivity contribution is -0.0942. The number of nitrogens with zero attached hydrogens (tertiary/aromatic N) is 2. The van der Waals surface area contributed by atoms with Crippen LogP contribution in [0.25, 0.3) is 0 Å². The van der Waals surface area contributed by atoms with Crippen LogP contribution in [0.1, 0.15) is 30.6 Å². The molecule has 1 aliphatic carbocycles. The lowest BCUT2D eigenvalue weighted by Gasteiger charge is -2.51. The van der Waals surface area contributed by atoms with Gasteiger partial charge in [0.15, 0.2) is 0 Å². The molecular weight excluding hydrogens is 232 g/mol. The summed E-state index contributed by atoms with van der Waals surface area (Å²) >= 11 is 0. The Morgan fingerprint density at radius 1 is 1.67 bits per heavy atom. The highest BCUT2D eigenvalue weighted by Crippen LogP contribution is 2.42. The zero-order valence-electron chi connectivity index (χ0n) is 11.2. The molecule has 2 rings (SSSR count). The molecule has 0 radical (unpaired) electrons. The number of aromatic nitrogens is 2. The second-order valence-corrected chi connectivity index (χ2v) is 5.37. The standard InChI is InChI=1S/C12H20N4O2/c1-12(2)8(5-9(12)18-4)15-11(17)7-6-14-16(3)10(7)13/h6,8-9H,5,13H2,1-4H3,(H,15,17). The van der Waals surface area contributed by atoms with Crippen molar-refractivity contribution in [1.82, 2.24) is 15.1 Å². The maximum atomic E-state index is 12.1. The zero-order valence-corrected chi connectivity index (χ0v) is 11.2. The average Bonchev–Trinajstić information content (AvgIpc) is 2.64. The number of carbonyl (C=O) groups excluding carboxylic acids is 1. The van der Waals surface area contributed by atoms with Crippen LogP contribution in [0.3, 0.4) is 0 Å². The van der Waals surface area contributed by atoms with Gasteiger partial charge in [0.2, 0.25) is 0 Å². The second-order valence-electron chi connectivity index (χ2n) is 5.37. The molecule has 6 heteroatoms. The molecule has 1 amide bonds. The van der Waals surface area contributed by atoms with Crippen LogP contribution in [0.2, 0.25) is 0 Å². The second kappa shape index (κ2) is 4.28. The number of methoxy groups -OCH3 is 1. The summed E-state index contributed by atoms with van der Waals surface area (Å²) in [5, 5.41) is 6.95. The summed E-state index contributed by atoms with van der Waals surface area (Å²) in [6, 6.07) is 0.106. The summed E-state index contributed by atoms with van der Waals surface area (Å²) in [6.07, 6.45) is 2.51. The quantitative estimate of drug-likeness (QED) is 0.823. The number of nitrogens with one attached hydrogen (secondary N) is 1. The summed E-state index contributed by atoms with van der Waals surface area (Å²) < 4.78 is 6.84. The van der Waals surface area contributed by atoms with Crippen LogP contribution in [-0.4, -0.2) is 34.9 Å². The normalized spacial score (nSPS) is 25.6. The van der Waals surface area contributed by atoms with Crippen molar-refractivity contribution < 1.29 is 9.53 Å². The number of aryl methyl sites for hydroxylation is 1. The van der Waals surface area contributed by atoms with Crippen molar-refractivity contribution in [2.45, 2.75) is 32.4 Å². The van der Waals surface area contributed by atoms with Crippen LogP contribution in [0.5, 0.6) is 0 Å². The Bertz CT molecular complexity index is 467. The van der Waals surface area contributed by atoms with E-state index in [1.807, 2.05) is 0 Å². The molecule has 0 aliphatic heterocycles. The first-order valence-corrected chi connectivity index (χ1v) is 5.99. The molecule has 1 aliphatic rings. The minimum atomic E-state index is -0.173. The highest BCUT2D eigenvalue weighted by Gasteiger charge is 2.49. The molecule has 1 saturated carbocycles. The van der Waals surface area contributed by atoms with Crippen molar-refractivity contribution >= 4 is 11.7 Å². The molecule has 1 fully saturated rings. The topological polar surface area (TPSA) is 82.2 Å². The van der Waals surface area contributed by atoms with Gasteiger partial charge in [0.05, 0.1) is 12.3 Å². The van der Waals surface area contributed by atoms with E-state index in [1.165, 1.54) is 10.9 Å². The van der Waals surface area contributed by atoms with Gasteiger partial charge < -0.3 is 15.8 Å². The van der Waals surface area contributed by atoms with Crippen molar-refractivity contribution in [2.24, 2.45) is 12.5 Å². The van der Waals surface area contributed by atoms with Crippen LogP contribution >= 0.6 is 0 Å². The van der Waals surface area contributed by atoms with E-state index >= 15 is 0 Å². The van der Waals surface area contributed by atoms with Gasteiger partial charge in [0, 0.05) is 25.6 Å². The fraction of sp³-hybridized carbons (Fsp3) is 0.667. The number of nitrogens with two attached hydrogens (primary N) is 1. The largest absolute Gasteiger partial charge is 0.383 e. The highest BCUT2D eigenvalue weighted by molar-refractivity contribution is 5.98. The molecule has 0 spiro atoms. The van der Waals surface area contributed by atoms with Crippen LogP contribution in [0.4, 0.5) is 5.82 Å². The molecule has 2 atom stereocenters. The van der Waals surface area contributed by atoms with E-state index < -0.39 is 0 Å². The number of hydrogen-bond donors (Lipinski definition) is 2. The maximum absolute atomic E-state index is 12.1. The van der Waals surface area contributed by atoms with Gasteiger partial charge in [-0.3, -0.25) is 9.48 Å². The Hall–Kier alpha value is -1.56. The zero-order chi connectivity index (χ0) is 13.5. The van der Waals surface area contributed by atoms with Gasteiger partial charge >= 0.3 is 0 Å². The molecule has 1 heterocycles. The molecule has 2 unspecified atom stereocenters. The molecule has 1 aromatic heterocycles. The Labute approximate surface area is 106 Å². The van der Waals surface area contributed by atoms with E-state index in [0.29, 0.717) is 11.4 Å². The van der Waals surface area contributed by atoms with E-state index in [4.69, 9.17) is 10.5 Å². The summed E-state index contributed by atoms with van der Waals surface area (Å²) in [5.74, 6) is 0.209. The predicted molar refractivity (Wildman–Crippen MR) is 68.1 cm³/mol. The van der Waals surface area contributed by atoms with Crippen molar-refractivity contribution in [3.8, 4) is 0 Å². The smallest absolute Gasteiger partial charge is 0.256 e. The summed E-state index contributed by atoms with van der Waals surface area (Å²) in [6.45, 7) is 4.17. The first kappa shape index (κ1) is 12.9. The fourth-order valence-electron chi connectivity index (χ4n) is 2.39. The van der Waals surface area contributed by atoms with Gasteiger partial charge in [-0.25, -0.2) is 0 Å². The van der Waals surface area contributed by atoms with Gasteiger partial charge in [-0.1, -0.05) is 13.8 Å². The molecule has 18 heavy (non-hydrogen) atoms. The minimum absolute atomic E-state index is 0.0542. The number of ether oxygens (including phenoxy) is 1. The number of anilines is 1. The Morgan fingerprint density at radius 3 is 2.78 bits per heavy atom. The summed E-state index contributed by atoms with van der Waals surface area (Å²) in [7, 11) is 3.41. The third-order valence-corrected chi connectivity index (χ3v) is 4.00. The molecule has 1 aromatic rings. The third kappa shape index (κ3) is 1.86. The van der Waals surface area contributed by atoms with Crippen molar-refractivity contribution in [3.05, 3.63) is 11.8 Å². The van der Waals surface area contributed by atoms with Crippen LogP contribution < -0.4 is 11.1 Å². The number of hydrogen-bond acceptors (Lipinski definition) is 4. The SMILES string of the molecule is COC1CC(NC(=O)c2cnn(C)c2N)C1(C)C. The fourth-order valence-corrected chi connectivity index (χ4v) is 2.39. The van der Waals surface area contributed by atoms with Gasteiger partial charge in [0.25, 0.3) is 5.91 Å². The average molecular weight is 252 g/mol. The van der Waals surface area contributed by atoms with Crippen LogP contribution in [-0.2, 0) is 11.8 Å². The first-order valence-electron chi connectivity index (χ1n) is 5.99. The van der Waals surface area contributed by atoms with E-state index in [0.717, 1.165) is 6.42 Å². The monoisotopic (exact) mass is 252 g/mol. The highest BCUT2D eigenvalue weighted by atomic mass is 16.5. The summed E-state index contributed by atoms with van der Waals surface area (Å²) in [5.41, 5.74) is 6.15. The molecule has 6 nitrogen and oxygen atoms in total. The van der Waals surface area contributed by atoms with Crippen molar-refractivity contribution in [2.75, 3.05) is 12.8 Å². The molecule has 0 bridgehead atoms. The van der Waals surface area contributed by atoms with Crippen molar-refractivity contribution in [1.29, 1.82) is 0 Å². The lowest BCUT2D eigenvalue weighted by Crippen LogP contribution is -2.61. The number of nitrogen functional groups attached to an aromatic ring is 1. The molecule has 0 saturated heterocycles. The Kier molecular flexibility index (Phi) is 3.06. The van der Waals surface area contributed by atoms with Crippen LogP contribution in [0.15, 0.2) is 6.20 Å². The first-order chi connectivity index (χ1) is 8.37. The van der Waals surface area contributed by atoms with E-state index in [-0.39, 0.29) is 23.5 Å². The number of rotatable bonds is 3. The van der Waals surface area contributed by atoms with E-state index in [9.17, 15) is 4.79 Å². The van der Waals surface area contributed by atoms with E-state index in [2.05, 4.69) is 24.3 Å². The number of amides is 1. The minimum Gasteiger partial charge on any atom is -0.383 e. The molecule has 0 aromatic carbocycles. The summed E-state index contributed by atoms with van der Waals surface area (Å²) in [4.78, 5) is 12.1. The number of carbonyl (C=O) groups is 1. The Balaban J connectivity index is 2.04. The van der Waals surface area contributed by atoms with Gasteiger partial charge in [-0.05, 0) is 6.42 Å². The predicted octanol–water partition coefficient (Wildman–Crippen LogP) is 0.546. The molecular formula is C12H20N4O2. The third-order valence-electron chi connectivity index (χ3n) is 4.00. The van der Waals surface area contributed by atoms with Gasteiger partial charge in [-0.2, -0.15) is 5.10 Å². The maximum Gasteiger partial charge on any atom is 0.256 e. The van der Waals surface area contributed by atoms with Crippen molar-refractivity contribution in [3.63, 3.8) is 0 Å². The molecule has 3 N–H and O–H groups in total. The Morgan fingerprint density at radius 2 is 2.33 bits per heavy atom. The van der Waals surface area contributed by atoms with Gasteiger partial charge in [-0.15, -0.1) is 0 Å². The van der Waals surface area contributed by atoms with Crippen LogP contribution in [0, 0.1) is 5.41 Å². The van der Waals surface area contributed by atoms with Gasteiger partial charge in [0.1, 0.15) is 11.4 Å². The van der Waals surface area contributed by atoms with E-state index in [1.54, 1.807) is 14.2 Å². The molecule has 100 valence electrons.